The molecule has 1 saturated heterocycles. The molecule has 7 nitrogen and oxygen atoms in total. The Morgan fingerprint density at radius 1 is 1.11 bits per heavy atom. The van der Waals surface area contributed by atoms with E-state index in [1.807, 2.05) is 35.0 Å². The molecule has 0 spiro atoms. The third-order valence-corrected chi connectivity index (χ3v) is 7.74. The molecule has 1 aliphatic carbocycles. The van der Waals surface area contributed by atoms with Gasteiger partial charge in [-0.3, -0.25) is 4.90 Å². The van der Waals surface area contributed by atoms with Crippen molar-refractivity contribution in [3.8, 4) is 0 Å². The smallest absolute Gasteiger partial charge is 0.218 e. The van der Waals surface area contributed by atoms with E-state index >= 15 is 0 Å². The van der Waals surface area contributed by atoms with Gasteiger partial charge in [0.15, 0.2) is 4.77 Å². The van der Waals surface area contributed by atoms with Crippen LogP contribution in [0.15, 0.2) is 30.3 Å². The summed E-state index contributed by atoms with van der Waals surface area (Å²) in [6, 6.07) is 9.36. The van der Waals surface area contributed by atoms with Crippen molar-refractivity contribution in [2.45, 2.75) is 44.6 Å². The summed E-state index contributed by atoms with van der Waals surface area (Å²) in [7, 11) is -3.29. The molecule has 2 aromatic rings. The molecule has 2 fully saturated rings. The Balaban J connectivity index is 1.38. The molecule has 1 aromatic heterocycles. The van der Waals surface area contributed by atoms with Crippen molar-refractivity contribution in [2.75, 3.05) is 26.2 Å². The molecule has 0 unspecified atom stereocenters. The summed E-state index contributed by atoms with van der Waals surface area (Å²) in [6.45, 7) is 5.96. The van der Waals surface area contributed by atoms with E-state index in [1.54, 1.807) is 4.31 Å². The second kappa shape index (κ2) is 8.06. The fraction of sp³-hybridized carbons (Fsp3) is 0.579. The molecule has 0 bridgehead atoms. The van der Waals surface area contributed by atoms with E-state index in [1.165, 1.54) is 12.8 Å². The quantitative estimate of drug-likeness (QED) is 0.643. The first-order chi connectivity index (χ1) is 13.5. The molecular weight excluding hydrogens is 394 g/mol. The fourth-order valence-electron chi connectivity index (χ4n) is 3.71. The monoisotopic (exact) mass is 421 g/mol. The third kappa shape index (κ3) is 4.22. The number of hydrogen-bond donors (Lipinski definition) is 0. The number of sulfonamides is 1. The van der Waals surface area contributed by atoms with Crippen LogP contribution in [0.1, 0.15) is 37.1 Å². The molecule has 0 N–H and O–H groups in total. The van der Waals surface area contributed by atoms with Crippen molar-refractivity contribution in [3.05, 3.63) is 46.5 Å². The van der Waals surface area contributed by atoms with Crippen LogP contribution in [-0.2, 0) is 29.0 Å². The number of benzene rings is 1. The first-order valence-corrected chi connectivity index (χ1v) is 11.9. The van der Waals surface area contributed by atoms with Crippen LogP contribution in [0.4, 0.5) is 0 Å². The van der Waals surface area contributed by atoms with Crippen molar-refractivity contribution in [3.63, 3.8) is 0 Å². The van der Waals surface area contributed by atoms with Gasteiger partial charge in [-0.2, -0.15) is 9.40 Å². The predicted octanol–water partition coefficient (Wildman–Crippen LogP) is 2.42. The van der Waals surface area contributed by atoms with E-state index in [2.05, 4.69) is 16.4 Å². The van der Waals surface area contributed by atoms with Gasteiger partial charge in [0.1, 0.15) is 5.82 Å². The van der Waals surface area contributed by atoms with Crippen LogP contribution < -0.4 is 0 Å². The average molecular weight is 422 g/mol. The normalized spacial score (nSPS) is 19.2. The summed E-state index contributed by atoms with van der Waals surface area (Å²) in [6.07, 6.45) is 2.40. The van der Waals surface area contributed by atoms with E-state index in [0.717, 1.165) is 22.7 Å². The molecule has 1 aromatic carbocycles. The molecule has 0 amide bonds. The van der Waals surface area contributed by atoms with Crippen LogP contribution in [0.3, 0.4) is 0 Å². The van der Waals surface area contributed by atoms with Gasteiger partial charge in [-0.25, -0.2) is 13.1 Å². The Morgan fingerprint density at radius 2 is 1.79 bits per heavy atom. The molecule has 0 atom stereocenters. The van der Waals surface area contributed by atoms with E-state index < -0.39 is 10.0 Å². The van der Waals surface area contributed by atoms with Crippen molar-refractivity contribution < 1.29 is 8.42 Å². The zero-order valence-corrected chi connectivity index (χ0v) is 17.8. The summed E-state index contributed by atoms with van der Waals surface area (Å²) < 4.78 is 31.8. The van der Waals surface area contributed by atoms with Gasteiger partial charge in [-0.1, -0.05) is 30.3 Å². The van der Waals surface area contributed by atoms with Crippen LogP contribution in [0.2, 0.25) is 0 Å². The fourth-order valence-corrected chi connectivity index (χ4v) is 5.54. The minimum Gasteiger partial charge on any atom is -0.304 e. The lowest BCUT2D eigenvalue weighted by molar-refractivity contribution is 0.144. The molecule has 9 heteroatoms. The highest BCUT2D eigenvalue weighted by Gasteiger charge is 2.31. The highest BCUT2D eigenvalue weighted by molar-refractivity contribution is 7.88. The Labute approximate surface area is 171 Å². The zero-order chi connectivity index (χ0) is 19.7. The van der Waals surface area contributed by atoms with Crippen LogP contribution >= 0.6 is 12.2 Å². The summed E-state index contributed by atoms with van der Waals surface area (Å²) in [4.78, 5) is 2.23. The summed E-state index contributed by atoms with van der Waals surface area (Å²) in [5, 5.41) is 4.76. The Morgan fingerprint density at radius 3 is 2.39 bits per heavy atom. The van der Waals surface area contributed by atoms with Crippen LogP contribution in [0, 0.1) is 4.77 Å². The maximum Gasteiger partial charge on any atom is 0.218 e. The van der Waals surface area contributed by atoms with Gasteiger partial charge >= 0.3 is 0 Å². The van der Waals surface area contributed by atoms with Gasteiger partial charge in [0.2, 0.25) is 10.0 Å². The molecule has 1 aliphatic heterocycles. The first kappa shape index (κ1) is 19.8. The minimum absolute atomic E-state index is 0.0601. The lowest BCUT2D eigenvalue weighted by atomic mass is 10.2. The van der Waals surface area contributed by atoms with E-state index in [9.17, 15) is 8.42 Å². The molecular formula is C19H27N5O2S2. The molecule has 4 rings (SSSR count). The molecule has 0 radical (unpaired) electrons. The summed E-state index contributed by atoms with van der Waals surface area (Å²) >= 11 is 5.61. The lowest BCUT2D eigenvalue weighted by Gasteiger charge is -2.33. The maximum absolute atomic E-state index is 12.7. The van der Waals surface area contributed by atoms with Crippen molar-refractivity contribution in [1.29, 1.82) is 0 Å². The lowest BCUT2D eigenvalue weighted by Crippen LogP contribution is -2.49. The zero-order valence-electron chi connectivity index (χ0n) is 16.2. The third-order valence-electron chi connectivity index (χ3n) is 5.46. The van der Waals surface area contributed by atoms with Gasteiger partial charge in [0.25, 0.3) is 0 Å². The first-order valence-electron chi connectivity index (χ1n) is 9.89. The van der Waals surface area contributed by atoms with E-state index in [4.69, 9.17) is 17.3 Å². The second-order valence-corrected chi connectivity index (χ2v) is 9.89. The van der Waals surface area contributed by atoms with Crippen molar-refractivity contribution >= 4 is 22.2 Å². The van der Waals surface area contributed by atoms with E-state index in [0.29, 0.717) is 38.8 Å². The predicted molar refractivity (Wildman–Crippen MR) is 111 cm³/mol. The van der Waals surface area contributed by atoms with Gasteiger partial charge in [0, 0.05) is 38.6 Å². The molecule has 2 aliphatic rings. The van der Waals surface area contributed by atoms with E-state index in [-0.39, 0.29) is 5.75 Å². The summed E-state index contributed by atoms with van der Waals surface area (Å²) in [5.74, 6) is 1.73. The molecule has 2 heterocycles. The largest absolute Gasteiger partial charge is 0.304 e. The topological polar surface area (TPSA) is 63.4 Å². The van der Waals surface area contributed by atoms with Crippen LogP contribution in [0.25, 0.3) is 0 Å². The van der Waals surface area contributed by atoms with Gasteiger partial charge < -0.3 is 4.57 Å². The minimum atomic E-state index is -3.29. The molecule has 152 valence electrons. The number of hydrogen-bond acceptors (Lipinski definition) is 5. The van der Waals surface area contributed by atoms with Crippen molar-refractivity contribution in [1.82, 2.24) is 23.6 Å². The number of piperazine rings is 1. The SMILES string of the molecule is CCn1c(C2CC2)nn(CN2CCN(S(=O)(=O)Cc3ccccc3)CC2)c1=S. The Hall–Kier alpha value is -1.55. The molecule has 1 saturated carbocycles. The number of rotatable bonds is 7. The van der Waals surface area contributed by atoms with Crippen LogP contribution in [-0.4, -0.2) is 58.1 Å². The highest BCUT2D eigenvalue weighted by Crippen LogP contribution is 2.39. The average Bonchev–Trinajstić information content (AvgIpc) is 3.48. The van der Waals surface area contributed by atoms with Crippen molar-refractivity contribution in [2.24, 2.45) is 0 Å². The van der Waals surface area contributed by atoms with Gasteiger partial charge in [0.05, 0.1) is 12.4 Å². The standard InChI is InChI=1S/C19H27N5O2S2/c1-2-23-18(17-8-9-17)20-24(19(23)27)15-21-10-12-22(13-11-21)28(25,26)14-16-6-4-3-5-7-16/h3-7,17H,2,8-15H2,1H3. The van der Waals surface area contributed by atoms with Gasteiger partial charge in [-0.05, 0) is 37.5 Å². The van der Waals surface area contributed by atoms with Gasteiger partial charge in [-0.15, -0.1) is 0 Å². The van der Waals surface area contributed by atoms with Crippen LogP contribution in [0.5, 0.6) is 0 Å². The Kier molecular flexibility index (Phi) is 5.69. The number of nitrogens with zero attached hydrogens (tertiary/aromatic N) is 5. The maximum atomic E-state index is 12.7. The highest BCUT2D eigenvalue weighted by atomic mass is 32.2. The Bertz CT molecular complexity index is 971. The summed E-state index contributed by atoms with van der Waals surface area (Å²) in [5.41, 5.74) is 0.828. The number of aromatic nitrogens is 3. The molecule has 28 heavy (non-hydrogen) atoms. The second-order valence-electron chi connectivity index (χ2n) is 7.56.